The monoisotopic (exact) mass is 367 g/mol. The number of anilines is 1. The fourth-order valence-corrected chi connectivity index (χ4v) is 2.52. The quantitative estimate of drug-likeness (QED) is 0.555. The van der Waals surface area contributed by atoms with Crippen LogP contribution in [-0.2, 0) is 0 Å². The third-order valence-electron chi connectivity index (χ3n) is 3.98. The summed E-state index contributed by atoms with van der Waals surface area (Å²) in [6, 6.07) is 13.3. The van der Waals surface area contributed by atoms with E-state index in [4.69, 9.17) is 0 Å². The third-order valence-corrected chi connectivity index (χ3v) is 3.98. The number of carbonyl (C=O) groups is 3. The van der Waals surface area contributed by atoms with Crippen molar-refractivity contribution >= 4 is 23.3 Å². The van der Waals surface area contributed by atoms with Gasteiger partial charge in [-0.25, -0.2) is 0 Å². The van der Waals surface area contributed by atoms with Crippen molar-refractivity contribution in [3.05, 3.63) is 65.2 Å². The largest absolute Gasteiger partial charge is 0.352 e. The van der Waals surface area contributed by atoms with Gasteiger partial charge in [0.05, 0.1) is 0 Å². The summed E-state index contributed by atoms with van der Waals surface area (Å²) in [5, 5.41) is 5.61. The van der Waals surface area contributed by atoms with E-state index in [9.17, 15) is 14.4 Å². The summed E-state index contributed by atoms with van der Waals surface area (Å²) in [5.41, 5.74) is 1.87. The highest BCUT2D eigenvalue weighted by Crippen LogP contribution is 2.14. The lowest BCUT2D eigenvalue weighted by molar-refractivity contribution is 0.0951. The molecule has 2 rings (SSSR count). The summed E-state index contributed by atoms with van der Waals surface area (Å²) in [5.74, 6) is -0.612. The average molecular weight is 367 g/mol. The van der Waals surface area contributed by atoms with E-state index in [0.717, 1.165) is 13.0 Å². The van der Waals surface area contributed by atoms with Crippen molar-refractivity contribution in [2.24, 2.45) is 0 Å². The molecule has 0 fully saturated rings. The van der Waals surface area contributed by atoms with E-state index < -0.39 is 0 Å². The summed E-state index contributed by atoms with van der Waals surface area (Å²) in [6.07, 6.45) is 0.853. The van der Waals surface area contributed by atoms with Crippen LogP contribution in [0.15, 0.2) is 48.5 Å². The molecule has 2 aromatic carbocycles. The van der Waals surface area contributed by atoms with Gasteiger partial charge in [0.25, 0.3) is 11.8 Å². The fraction of sp³-hybridized carbons (Fsp3) is 0.286. The molecule has 0 spiro atoms. The van der Waals surface area contributed by atoms with Crippen molar-refractivity contribution in [3.8, 4) is 0 Å². The first-order valence-corrected chi connectivity index (χ1v) is 8.82. The summed E-state index contributed by atoms with van der Waals surface area (Å²) in [7, 11) is 3.96. The molecule has 0 heterocycles. The zero-order chi connectivity index (χ0) is 19.8. The predicted molar refractivity (Wildman–Crippen MR) is 106 cm³/mol. The number of carbonyl (C=O) groups excluding carboxylic acids is 3. The van der Waals surface area contributed by atoms with Crippen LogP contribution in [-0.4, -0.2) is 49.7 Å². The van der Waals surface area contributed by atoms with Crippen LogP contribution in [0.4, 0.5) is 5.69 Å². The molecule has 0 radical (unpaired) electrons. The predicted octanol–water partition coefficient (Wildman–Crippen LogP) is 2.82. The number of rotatable bonds is 8. The average Bonchev–Trinajstić information content (AvgIpc) is 2.65. The minimum Gasteiger partial charge on any atom is -0.352 e. The lowest BCUT2D eigenvalue weighted by Gasteiger charge is -2.10. The molecule has 2 amide bonds. The lowest BCUT2D eigenvalue weighted by atomic mass is 10.1. The summed E-state index contributed by atoms with van der Waals surface area (Å²) < 4.78 is 0. The Morgan fingerprint density at radius 3 is 2.19 bits per heavy atom. The second-order valence-corrected chi connectivity index (χ2v) is 6.58. The van der Waals surface area contributed by atoms with Gasteiger partial charge in [-0.05, 0) is 64.3 Å². The smallest absolute Gasteiger partial charge is 0.255 e. The highest BCUT2D eigenvalue weighted by molar-refractivity contribution is 6.06. The molecule has 2 aromatic rings. The van der Waals surface area contributed by atoms with Gasteiger partial charge in [-0.3, -0.25) is 14.4 Å². The Hall–Kier alpha value is -2.99. The van der Waals surface area contributed by atoms with Crippen LogP contribution in [0.2, 0.25) is 0 Å². The highest BCUT2D eigenvalue weighted by Gasteiger charge is 2.11. The number of Topliss-reactive ketones (excluding diaryl/α,β-unsaturated/α-hetero) is 1. The molecule has 0 atom stereocenters. The van der Waals surface area contributed by atoms with E-state index in [-0.39, 0.29) is 17.6 Å². The molecule has 0 aliphatic carbocycles. The van der Waals surface area contributed by atoms with Crippen LogP contribution in [0.5, 0.6) is 0 Å². The van der Waals surface area contributed by atoms with Gasteiger partial charge in [-0.15, -0.1) is 0 Å². The Bertz CT molecular complexity index is 831. The van der Waals surface area contributed by atoms with E-state index in [2.05, 4.69) is 15.5 Å². The van der Waals surface area contributed by atoms with Crippen LogP contribution in [0.25, 0.3) is 0 Å². The molecule has 6 heteroatoms. The molecule has 0 aliphatic heterocycles. The first-order chi connectivity index (χ1) is 12.9. The third kappa shape index (κ3) is 6.34. The van der Waals surface area contributed by atoms with Crippen LogP contribution >= 0.6 is 0 Å². The SMILES string of the molecule is CC(=O)c1cccc(NC(=O)c2cccc(C(=O)NCCCN(C)C)c2)c1. The molecule has 0 bridgehead atoms. The molecular weight excluding hydrogens is 342 g/mol. The van der Waals surface area contributed by atoms with E-state index in [1.807, 2.05) is 14.1 Å². The van der Waals surface area contributed by atoms with Crippen molar-refractivity contribution in [2.75, 3.05) is 32.5 Å². The summed E-state index contributed by atoms with van der Waals surface area (Å²) in [6.45, 7) is 2.94. The van der Waals surface area contributed by atoms with Crippen molar-refractivity contribution < 1.29 is 14.4 Å². The van der Waals surface area contributed by atoms with E-state index in [1.165, 1.54) is 6.92 Å². The van der Waals surface area contributed by atoms with Crippen LogP contribution in [0.1, 0.15) is 44.4 Å². The van der Waals surface area contributed by atoms with Gasteiger partial charge in [-0.2, -0.15) is 0 Å². The van der Waals surface area contributed by atoms with Crippen molar-refractivity contribution in [2.45, 2.75) is 13.3 Å². The molecule has 6 nitrogen and oxygen atoms in total. The number of hydrogen-bond donors (Lipinski definition) is 2. The Labute approximate surface area is 159 Å². The molecule has 0 saturated heterocycles. The maximum Gasteiger partial charge on any atom is 0.255 e. The summed E-state index contributed by atoms with van der Waals surface area (Å²) in [4.78, 5) is 38.2. The Balaban J connectivity index is 2.01. The van der Waals surface area contributed by atoms with Crippen molar-refractivity contribution in [1.29, 1.82) is 0 Å². The highest BCUT2D eigenvalue weighted by atomic mass is 16.2. The van der Waals surface area contributed by atoms with Crippen molar-refractivity contribution in [1.82, 2.24) is 10.2 Å². The first kappa shape index (κ1) is 20.3. The number of amides is 2. The van der Waals surface area contributed by atoms with E-state index in [1.54, 1.807) is 48.5 Å². The fourth-order valence-electron chi connectivity index (χ4n) is 2.52. The molecule has 27 heavy (non-hydrogen) atoms. The van der Waals surface area contributed by atoms with Gasteiger partial charge in [0, 0.05) is 28.9 Å². The van der Waals surface area contributed by atoms with Gasteiger partial charge >= 0.3 is 0 Å². The Morgan fingerprint density at radius 2 is 1.52 bits per heavy atom. The van der Waals surface area contributed by atoms with Gasteiger partial charge in [-0.1, -0.05) is 18.2 Å². The Kier molecular flexibility index (Phi) is 7.25. The van der Waals surface area contributed by atoms with E-state index >= 15 is 0 Å². The standard InChI is InChI=1S/C21H25N3O3/c1-15(25)16-7-5-10-19(14-16)23-21(27)18-9-4-8-17(13-18)20(26)22-11-6-12-24(2)3/h4-5,7-10,13-14H,6,11-12H2,1-3H3,(H,22,26)(H,23,27). The number of benzene rings is 2. The molecule has 2 N–H and O–H groups in total. The minimum atomic E-state index is -0.335. The van der Waals surface area contributed by atoms with Gasteiger partial charge in [0.1, 0.15) is 0 Å². The van der Waals surface area contributed by atoms with Crippen molar-refractivity contribution in [3.63, 3.8) is 0 Å². The molecule has 0 unspecified atom stereocenters. The minimum absolute atomic E-state index is 0.0703. The number of nitrogens with one attached hydrogen (secondary N) is 2. The normalized spacial score (nSPS) is 10.5. The second-order valence-electron chi connectivity index (χ2n) is 6.58. The van der Waals surface area contributed by atoms with E-state index in [0.29, 0.717) is 28.9 Å². The van der Waals surface area contributed by atoms with Gasteiger partial charge in [0.15, 0.2) is 5.78 Å². The topological polar surface area (TPSA) is 78.5 Å². The first-order valence-electron chi connectivity index (χ1n) is 8.82. The maximum atomic E-state index is 12.5. The van der Waals surface area contributed by atoms with Crippen LogP contribution in [0.3, 0.4) is 0 Å². The Morgan fingerprint density at radius 1 is 0.889 bits per heavy atom. The number of ketones is 1. The zero-order valence-electron chi connectivity index (χ0n) is 15.9. The van der Waals surface area contributed by atoms with Gasteiger partial charge in [0.2, 0.25) is 0 Å². The molecule has 0 aromatic heterocycles. The molecular formula is C21H25N3O3. The molecule has 142 valence electrons. The number of nitrogens with zero attached hydrogens (tertiary/aromatic N) is 1. The number of hydrogen-bond acceptors (Lipinski definition) is 4. The lowest BCUT2D eigenvalue weighted by Crippen LogP contribution is -2.27. The molecule has 0 aliphatic rings. The molecule has 0 saturated carbocycles. The zero-order valence-corrected chi connectivity index (χ0v) is 15.9. The maximum absolute atomic E-state index is 12.5. The van der Waals surface area contributed by atoms with Crippen LogP contribution < -0.4 is 10.6 Å². The summed E-state index contributed by atoms with van der Waals surface area (Å²) >= 11 is 0. The second kappa shape index (κ2) is 9.64. The van der Waals surface area contributed by atoms with Crippen LogP contribution in [0, 0.1) is 0 Å². The van der Waals surface area contributed by atoms with Gasteiger partial charge < -0.3 is 15.5 Å².